The van der Waals surface area contributed by atoms with Gasteiger partial charge in [-0.15, -0.1) is 0 Å². The van der Waals surface area contributed by atoms with Gasteiger partial charge in [0.2, 0.25) is 5.91 Å². The topological polar surface area (TPSA) is 32.3 Å². The zero-order valence-corrected chi connectivity index (χ0v) is 9.48. The van der Waals surface area contributed by atoms with Crippen LogP contribution in [0.3, 0.4) is 0 Å². The molecule has 2 saturated heterocycles. The van der Waals surface area contributed by atoms with Gasteiger partial charge in [0, 0.05) is 31.4 Å². The first kappa shape index (κ1) is 10.3. The van der Waals surface area contributed by atoms with Crippen molar-refractivity contribution in [2.75, 3.05) is 31.1 Å². The van der Waals surface area contributed by atoms with Crippen molar-refractivity contribution in [1.29, 1.82) is 0 Å². The Labute approximate surface area is 89.6 Å². The van der Waals surface area contributed by atoms with E-state index in [1.807, 2.05) is 11.8 Å². The summed E-state index contributed by atoms with van der Waals surface area (Å²) in [6.07, 6.45) is 1.18. The fourth-order valence-corrected chi connectivity index (χ4v) is 3.28. The number of hydrogen-bond donors (Lipinski definition) is 1. The van der Waals surface area contributed by atoms with E-state index in [-0.39, 0.29) is 5.92 Å². The van der Waals surface area contributed by atoms with Crippen molar-refractivity contribution in [2.45, 2.75) is 19.4 Å². The van der Waals surface area contributed by atoms with Gasteiger partial charge in [0.05, 0.1) is 5.92 Å². The lowest BCUT2D eigenvalue weighted by Gasteiger charge is -2.35. The molecule has 0 saturated carbocycles. The Bertz CT molecular complexity index is 212. The van der Waals surface area contributed by atoms with Crippen LogP contribution in [0.5, 0.6) is 0 Å². The van der Waals surface area contributed by atoms with E-state index >= 15 is 0 Å². The minimum atomic E-state index is 0.264. The highest BCUT2D eigenvalue weighted by Crippen LogP contribution is 2.24. The van der Waals surface area contributed by atoms with Gasteiger partial charge < -0.3 is 10.2 Å². The number of thioether (sulfide) groups is 1. The first-order chi connectivity index (χ1) is 6.83. The molecule has 80 valence electrons. The minimum absolute atomic E-state index is 0.264. The van der Waals surface area contributed by atoms with Crippen molar-refractivity contribution in [3.8, 4) is 0 Å². The maximum atomic E-state index is 12.0. The van der Waals surface area contributed by atoms with Crippen molar-refractivity contribution < 1.29 is 4.79 Å². The average molecular weight is 214 g/mol. The van der Waals surface area contributed by atoms with Gasteiger partial charge in [-0.05, 0) is 19.1 Å². The van der Waals surface area contributed by atoms with Crippen LogP contribution < -0.4 is 5.32 Å². The largest absolute Gasteiger partial charge is 0.339 e. The summed E-state index contributed by atoms with van der Waals surface area (Å²) in [6.45, 7) is 4.73. The number of hydrogen-bond acceptors (Lipinski definition) is 3. The van der Waals surface area contributed by atoms with Gasteiger partial charge in [0.1, 0.15) is 0 Å². The first-order valence-corrected chi connectivity index (χ1v) is 6.57. The zero-order valence-electron chi connectivity index (χ0n) is 8.66. The molecule has 0 aromatic carbocycles. The van der Waals surface area contributed by atoms with Gasteiger partial charge in [-0.3, -0.25) is 4.79 Å². The molecule has 1 atom stereocenters. The zero-order chi connectivity index (χ0) is 9.97. The molecule has 1 amide bonds. The van der Waals surface area contributed by atoms with Crippen molar-refractivity contribution in [3.05, 3.63) is 0 Å². The van der Waals surface area contributed by atoms with E-state index in [1.54, 1.807) is 0 Å². The fraction of sp³-hybridized carbons (Fsp3) is 0.900. The lowest BCUT2D eigenvalue weighted by Crippen LogP contribution is -2.54. The molecule has 0 radical (unpaired) electrons. The van der Waals surface area contributed by atoms with E-state index in [2.05, 4.69) is 17.1 Å². The van der Waals surface area contributed by atoms with Crippen LogP contribution in [0.1, 0.15) is 13.3 Å². The van der Waals surface area contributed by atoms with E-state index in [1.165, 1.54) is 12.2 Å². The SMILES string of the molecule is CCN(C(=O)C1CNC1)[C@@H]1CCSC1. The van der Waals surface area contributed by atoms with E-state index in [0.29, 0.717) is 11.9 Å². The summed E-state index contributed by atoms with van der Waals surface area (Å²) >= 11 is 1.97. The van der Waals surface area contributed by atoms with Gasteiger partial charge >= 0.3 is 0 Å². The second-order valence-electron chi connectivity index (χ2n) is 4.00. The van der Waals surface area contributed by atoms with Crippen LogP contribution in [0.2, 0.25) is 0 Å². The third-order valence-electron chi connectivity index (χ3n) is 3.10. The molecule has 1 N–H and O–H groups in total. The van der Waals surface area contributed by atoms with Crippen LogP contribution in [0.4, 0.5) is 0 Å². The molecule has 2 aliphatic heterocycles. The molecule has 2 fully saturated rings. The molecular weight excluding hydrogens is 196 g/mol. The monoisotopic (exact) mass is 214 g/mol. The Hall–Kier alpha value is -0.220. The first-order valence-electron chi connectivity index (χ1n) is 5.42. The molecule has 0 spiro atoms. The Balaban J connectivity index is 1.93. The van der Waals surface area contributed by atoms with Crippen molar-refractivity contribution in [2.24, 2.45) is 5.92 Å². The second kappa shape index (κ2) is 4.53. The van der Waals surface area contributed by atoms with Crippen molar-refractivity contribution >= 4 is 17.7 Å². The molecule has 2 rings (SSSR count). The van der Waals surface area contributed by atoms with E-state index in [4.69, 9.17) is 0 Å². The number of rotatable bonds is 3. The summed E-state index contributed by atoms with van der Waals surface area (Å²) in [5.41, 5.74) is 0. The summed E-state index contributed by atoms with van der Waals surface area (Å²) in [7, 11) is 0. The fourth-order valence-electron chi connectivity index (χ4n) is 2.06. The normalized spacial score (nSPS) is 27.4. The molecule has 2 aliphatic rings. The summed E-state index contributed by atoms with van der Waals surface area (Å²) in [5.74, 6) is 3.00. The van der Waals surface area contributed by atoms with Crippen LogP contribution >= 0.6 is 11.8 Å². The molecule has 14 heavy (non-hydrogen) atoms. The quantitative estimate of drug-likeness (QED) is 0.745. The van der Waals surface area contributed by atoms with Gasteiger partial charge in [0.25, 0.3) is 0 Å². The van der Waals surface area contributed by atoms with Crippen LogP contribution in [0.15, 0.2) is 0 Å². The van der Waals surface area contributed by atoms with Crippen LogP contribution in [0, 0.1) is 5.92 Å². The van der Waals surface area contributed by atoms with Crippen molar-refractivity contribution in [1.82, 2.24) is 10.2 Å². The van der Waals surface area contributed by atoms with Crippen LogP contribution in [-0.4, -0.2) is 48.0 Å². The molecule has 2 heterocycles. The molecule has 0 aliphatic carbocycles. The minimum Gasteiger partial charge on any atom is -0.339 e. The lowest BCUT2D eigenvalue weighted by atomic mass is 10.0. The van der Waals surface area contributed by atoms with E-state index in [0.717, 1.165) is 25.4 Å². The number of nitrogens with one attached hydrogen (secondary N) is 1. The molecule has 0 aromatic rings. The molecule has 0 bridgehead atoms. The number of nitrogens with zero attached hydrogens (tertiary/aromatic N) is 1. The smallest absolute Gasteiger partial charge is 0.228 e. The highest BCUT2D eigenvalue weighted by atomic mass is 32.2. The molecule has 0 aromatic heterocycles. The molecule has 4 heteroatoms. The van der Waals surface area contributed by atoms with Crippen LogP contribution in [0.25, 0.3) is 0 Å². The Morgan fingerprint density at radius 1 is 1.57 bits per heavy atom. The van der Waals surface area contributed by atoms with Gasteiger partial charge in [-0.25, -0.2) is 0 Å². The van der Waals surface area contributed by atoms with E-state index < -0.39 is 0 Å². The Kier molecular flexibility index (Phi) is 3.34. The average Bonchev–Trinajstić information content (AvgIpc) is 2.55. The standard InChI is InChI=1S/C10H18N2OS/c1-2-12(9-3-4-14-7-9)10(13)8-5-11-6-8/h8-9,11H,2-7H2,1H3/t9-/m1/s1. The van der Waals surface area contributed by atoms with Gasteiger partial charge in [0.15, 0.2) is 0 Å². The van der Waals surface area contributed by atoms with E-state index in [9.17, 15) is 4.79 Å². The maximum absolute atomic E-state index is 12.0. The predicted molar refractivity (Wildman–Crippen MR) is 59.5 cm³/mol. The summed E-state index contributed by atoms with van der Waals surface area (Å²) in [4.78, 5) is 14.1. The summed E-state index contributed by atoms with van der Waals surface area (Å²) in [6, 6.07) is 0.512. The molecular formula is C10H18N2OS. The number of carbonyl (C=O) groups excluding carboxylic acids is 1. The number of amides is 1. The maximum Gasteiger partial charge on any atom is 0.228 e. The van der Waals surface area contributed by atoms with Gasteiger partial charge in [-0.2, -0.15) is 11.8 Å². The van der Waals surface area contributed by atoms with Gasteiger partial charge in [-0.1, -0.05) is 0 Å². The van der Waals surface area contributed by atoms with Crippen LogP contribution in [-0.2, 0) is 4.79 Å². The Morgan fingerprint density at radius 2 is 2.36 bits per heavy atom. The predicted octanol–water partition coefficient (Wildman–Crippen LogP) is 0.560. The second-order valence-corrected chi connectivity index (χ2v) is 5.15. The summed E-state index contributed by atoms with van der Waals surface area (Å²) < 4.78 is 0. The number of carbonyl (C=O) groups is 1. The highest BCUT2D eigenvalue weighted by molar-refractivity contribution is 7.99. The lowest BCUT2D eigenvalue weighted by molar-refractivity contribution is -0.138. The molecule has 3 nitrogen and oxygen atoms in total. The van der Waals surface area contributed by atoms with Crippen molar-refractivity contribution in [3.63, 3.8) is 0 Å². The third-order valence-corrected chi connectivity index (χ3v) is 4.25. The Morgan fingerprint density at radius 3 is 2.79 bits per heavy atom. The highest BCUT2D eigenvalue weighted by Gasteiger charge is 2.33. The molecule has 0 unspecified atom stereocenters. The third kappa shape index (κ3) is 1.91. The summed E-state index contributed by atoms with van der Waals surface area (Å²) in [5, 5.41) is 3.16.